The molecule has 14 nitrogen and oxygen atoms in total. The summed E-state index contributed by atoms with van der Waals surface area (Å²) in [6.07, 6.45) is -8.24. The van der Waals surface area contributed by atoms with E-state index >= 15 is 0 Å². The third kappa shape index (κ3) is 6.66. The molecule has 10 atom stereocenters. The van der Waals surface area contributed by atoms with Gasteiger partial charge >= 0.3 is 35.8 Å². The van der Waals surface area contributed by atoms with E-state index in [1.807, 2.05) is 0 Å². The van der Waals surface area contributed by atoms with Gasteiger partial charge in [-0.2, -0.15) is 0 Å². The first-order chi connectivity index (χ1) is 26.3. The molecular weight excluding hydrogens is 728 g/mol. The van der Waals surface area contributed by atoms with E-state index in [9.17, 15) is 33.9 Å². The van der Waals surface area contributed by atoms with Gasteiger partial charge in [-0.1, -0.05) is 43.3 Å². The quantitative estimate of drug-likeness (QED) is 0.214. The van der Waals surface area contributed by atoms with Crippen LogP contribution >= 0.6 is 0 Å². The minimum atomic E-state index is -1.94. The third-order valence-corrected chi connectivity index (χ3v) is 12.1. The van der Waals surface area contributed by atoms with Crippen molar-refractivity contribution >= 4 is 35.8 Å². The van der Waals surface area contributed by atoms with E-state index in [2.05, 4.69) is 0 Å². The highest BCUT2D eigenvalue weighted by molar-refractivity contribution is 5.90. The second-order valence-electron chi connectivity index (χ2n) is 15.9. The predicted octanol–water partition coefficient (Wildman–Crippen LogP) is 4.45. The van der Waals surface area contributed by atoms with Crippen molar-refractivity contribution in [3.8, 4) is 0 Å². The van der Waals surface area contributed by atoms with Crippen molar-refractivity contribution in [2.45, 2.75) is 116 Å². The Kier molecular flexibility index (Phi) is 10.7. The number of aliphatic hydroxyl groups is 1. The molecule has 0 aromatic heterocycles. The van der Waals surface area contributed by atoms with Gasteiger partial charge in [0.05, 0.1) is 40.1 Å². The Bertz CT molecular complexity index is 1930. The summed E-state index contributed by atoms with van der Waals surface area (Å²) in [5.41, 5.74) is -6.40. The van der Waals surface area contributed by atoms with Crippen molar-refractivity contribution in [2.75, 3.05) is 6.61 Å². The Balaban J connectivity index is 1.77. The fourth-order valence-electron chi connectivity index (χ4n) is 9.86. The number of hydrogen-bond donors (Lipinski definition) is 1. The monoisotopic (exact) mass is 776 g/mol. The smallest absolute Gasteiger partial charge is 0.338 e. The topological polar surface area (TPSA) is 187 Å². The summed E-state index contributed by atoms with van der Waals surface area (Å²) in [6, 6.07) is 16.1. The fourth-order valence-corrected chi connectivity index (χ4v) is 9.86. The zero-order valence-corrected chi connectivity index (χ0v) is 32.7. The Morgan fingerprint density at radius 2 is 1.27 bits per heavy atom. The summed E-state index contributed by atoms with van der Waals surface area (Å²) in [7, 11) is 0. The van der Waals surface area contributed by atoms with Gasteiger partial charge in [0, 0.05) is 40.5 Å². The Hall–Kier alpha value is -5.08. The van der Waals surface area contributed by atoms with Crippen molar-refractivity contribution in [3.63, 3.8) is 0 Å². The normalized spacial score (nSPS) is 33.2. The van der Waals surface area contributed by atoms with Crippen molar-refractivity contribution in [2.24, 2.45) is 16.7 Å². The first-order valence-electron chi connectivity index (χ1n) is 18.6. The molecule has 6 rings (SSSR count). The highest BCUT2D eigenvalue weighted by atomic mass is 16.6. The number of ether oxygens (including phenoxy) is 7. The van der Waals surface area contributed by atoms with Gasteiger partial charge in [0.25, 0.3) is 0 Å². The Morgan fingerprint density at radius 3 is 1.73 bits per heavy atom. The van der Waals surface area contributed by atoms with Crippen LogP contribution in [0.25, 0.3) is 0 Å². The molecule has 0 spiro atoms. The van der Waals surface area contributed by atoms with Crippen LogP contribution in [-0.2, 0) is 52.3 Å². The van der Waals surface area contributed by atoms with Gasteiger partial charge in [0.1, 0.15) is 24.4 Å². The number of fused-ring (bicyclic) bond motifs is 4. The lowest BCUT2D eigenvalue weighted by Crippen LogP contribution is -2.79. The summed E-state index contributed by atoms with van der Waals surface area (Å²) in [6.45, 7) is 10.8. The molecule has 2 saturated carbocycles. The van der Waals surface area contributed by atoms with Crippen molar-refractivity contribution < 1.29 is 67.0 Å². The maximum absolute atomic E-state index is 14.5. The molecule has 0 radical (unpaired) electrons. The largest absolute Gasteiger partial charge is 0.462 e. The summed E-state index contributed by atoms with van der Waals surface area (Å²) < 4.78 is 43.8. The highest BCUT2D eigenvalue weighted by Crippen LogP contribution is 2.69. The minimum absolute atomic E-state index is 0.0695. The molecule has 14 heteroatoms. The summed E-state index contributed by atoms with van der Waals surface area (Å²) in [4.78, 5) is 81.0. The molecule has 1 aliphatic heterocycles. The van der Waals surface area contributed by atoms with E-state index in [1.165, 1.54) is 46.8 Å². The van der Waals surface area contributed by atoms with Gasteiger partial charge in [-0.15, -0.1) is 0 Å². The highest BCUT2D eigenvalue weighted by Gasteiger charge is 2.81. The van der Waals surface area contributed by atoms with Crippen LogP contribution in [0.1, 0.15) is 88.9 Å². The SMILES string of the molecule is CC(=O)O[C@H]1C[C@]2(C(C)(C)O)C(=C1C)[C@H](OC(=O)c1ccccc1)[C@@H](OC(C)=O)[C@@]1(C)[C@@H](OC(C)=O)C[C@@H]3OC[C@]3(OC(C)=O)[C@H]1[C@H]2OC(=O)c1ccccc1. The predicted molar refractivity (Wildman–Crippen MR) is 194 cm³/mol. The molecule has 3 aliphatic carbocycles. The summed E-state index contributed by atoms with van der Waals surface area (Å²) in [5.74, 6) is -5.89. The van der Waals surface area contributed by atoms with Gasteiger partial charge in [0.15, 0.2) is 17.8 Å². The molecule has 2 aromatic rings. The van der Waals surface area contributed by atoms with Crippen LogP contribution < -0.4 is 0 Å². The van der Waals surface area contributed by atoms with E-state index in [1.54, 1.807) is 62.4 Å². The fraction of sp³-hybridized carbons (Fsp3) is 0.524. The molecule has 1 heterocycles. The molecule has 56 heavy (non-hydrogen) atoms. The van der Waals surface area contributed by atoms with E-state index in [4.69, 9.17) is 33.2 Å². The van der Waals surface area contributed by atoms with Crippen LogP contribution in [0, 0.1) is 16.7 Å². The molecule has 0 bridgehead atoms. The standard InChI is InChI=1S/C42H48O14/c1-22-29(51-23(2)43)20-41(39(6,7)49)32(22)33(54-37(47)27-15-11-9-12-16-27)35(53-25(4)45)40(8)30(52-24(3)44)19-31-42(21-50-31,56-26(5)46)34(40)36(41)55-38(48)28-17-13-10-14-18-28/h9-18,29-31,33-36,49H,19-21H2,1-8H3/t29-,30-,31-,33-,34-,35+,36+,40-,41-,42+/m0/s1. The van der Waals surface area contributed by atoms with E-state index in [0.717, 1.165) is 6.92 Å². The lowest BCUT2D eigenvalue weighted by Gasteiger charge is -2.65. The molecular formula is C42H48O14. The number of esters is 6. The van der Waals surface area contributed by atoms with Crippen LogP contribution in [-0.4, -0.2) is 95.4 Å². The van der Waals surface area contributed by atoms with Crippen molar-refractivity contribution in [3.05, 3.63) is 82.9 Å². The van der Waals surface area contributed by atoms with Gasteiger partial charge in [-0.3, -0.25) is 19.2 Å². The second-order valence-corrected chi connectivity index (χ2v) is 15.9. The van der Waals surface area contributed by atoms with Crippen molar-refractivity contribution in [1.29, 1.82) is 0 Å². The van der Waals surface area contributed by atoms with E-state index in [-0.39, 0.29) is 36.1 Å². The second kappa shape index (κ2) is 14.8. The Morgan fingerprint density at radius 1 is 0.732 bits per heavy atom. The molecule has 0 unspecified atom stereocenters. The summed E-state index contributed by atoms with van der Waals surface area (Å²) >= 11 is 0. The van der Waals surface area contributed by atoms with E-state index < -0.39 is 100 Å². The van der Waals surface area contributed by atoms with Gasteiger partial charge in [-0.25, -0.2) is 9.59 Å². The van der Waals surface area contributed by atoms with Crippen LogP contribution in [0.15, 0.2) is 71.8 Å². The molecule has 1 N–H and O–H groups in total. The molecule has 4 aliphatic rings. The molecule has 300 valence electrons. The average Bonchev–Trinajstić information content (AvgIpc) is 3.37. The number of carbonyl (C=O) groups is 6. The number of benzene rings is 2. The van der Waals surface area contributed by atoms with Crippen LogP contribution in [0.5, 0.6) is 0 Å². The lowest BCUT2D eigenvalue weighted by atomic mass is 9.49. The zero-order chi connectivity index (χ0) is 41.0. The number of rotatable bonds is 9. The molecule has 3 fully saturated rings. The minimum Gasteiger partial charge on any atom is -0.462 e. The van der Waals surface area contributed by atoms with Crippen LogP contribution in [0.4, 0.5) is 0 Å². The lowest BCUT2D eigenvalue weighted by molar-refractivity contribution is -0.352. The van der Waals surface area contributed by atoms with Crippen LogP contribution in [0.3, 0.4) is 0 Å². The van der Waals surface area contributed by atoms with Crippen molar-refractivity contribution in [1.82, 2.24) is 0 Å². The molecule has 1 saturated heterocycles. The van der Waals surface area contributed by atoms with Crippen LogP contribution in [0.2, 0.25) is 0 Å². The maximum atomic E-state index is 14.5. The first kappa shape index (κ1) is 40.6. The van der Waals surface area contributed by atoms with Gasteiger partial charge in [0.2, 0.25) is 0 Å². The first-order valence-corrected chi connectivity index (χ1v) is 18.6. The number of carbonyl (C=O) groups excluding carboxylic acids is 6. The molecule has 2 aromatic carbocycles. The van der Waals surface area contributed by atoms with Gasteiger partial charge in [-0.05, 0) is 56.2 Å². The average molecular weight is 777 g/mol. The summed E-state index contributed by atoms with van der Waals surface area (Å²) in [5, 5.41) is 12.8. The number of hydrogen-bond acceptors (Lipinski definition) is 14. The third-order valence-electron chi connectivity index (χ3n) is 12.1. The molecule has 0 amide bonds. The Labute approximate surface area is 324 Å². The van der Waals surface area contributed by atoms with E-state index in [0.29, 0.717) is 5.57 Å². The zero-order valence-electron chi connectivity index (χ0n) is 32.7. The van der Waals surface area contributed by atoms with Gasteiger partial charge < -0.3 is 38.3 Å². The maximum Gasteiger partial charge on any atom is 0.338 e.